The van der Waals surface area contributed by atoms with E-state index in [0.29, 0.717) is 0 Å². The Morgan fingerprint density at radius 3 is 2.47 bits per heavy atom. The van der Waals surface area contributed by atoms with Crippen LogP contribution in [0.25, 0.3) is 0 Å². The van der Waals surface area contributed by atoms with Crippen LogP contribution in [-0.4, -0.2) is 5.11 Å². The predicted octanol–water partition coefficient (Wildman–Crippen LogP) is 3.37. The van der Waals surface area contributed by atoms with Crippen LogP contribution in [-0.2, 0) is 0 Å². The molecule has 2 N–H and O–H groups in total. The van der Waals surface area contributed by atoms with Crippen LogP contribution >= 0.6 is 0 Å². The summed E-state index contributed by atoms with van der Waals surface area (Å²) >= 11 is 0. The van der Waals surface area contributed by atoms with Crippen molar-refractivity contribution in [3.05, 3.63) is 72.3 Å². The van der Waals surface area contributed by atoms with Crippen molar-refractivity contribution in [2.75, 3.05) is 0 Å². The number of rotatable bonds is 3. The van der Waals surface area contributed by atoms with E-state index >= 15 is 0 Å². The molecule has 0 saturated heterocycles. The minimum absolute atomic E-state index is 0.212. The molecule has 3 nitrogen and oxygen atoms in total. The molecule has 0 bridgehead atoms. The van der Waals surface area contributed by atoms with Gasteiger partial charge in [0.05, 0.1) is 11.8 Å². The molecule has 1 unspecified atom stereocenters. The van der Waals surface area contributed by atoms with E-state index in [2.05, 4.69) is 11.4 Å². The van der Waals surface area contributed by atoms with Crippen LogP contribution in [0.1, 0.15) is 18.4 Å². The molecule has 1 aromatic rings. The van der Waals surface area contributed by atoms with Gasteiger partial charge in [-0.1, -0.05) is 30.3 Å². The molecule has 1 heterocycles. The Labute approximate surface area is 113 Å². The number of allylic oxidation sites excluding steroid dienone is 4. The average Bonchev–Trinajstić information content (AvgIpc) is 2.46. The van der Waals surface area contributed by atoms with Gasteiger partial charge in [0.25, 0.3) is 0 Å². The minimum atomic E-state index is -0.781. The first kappa shape index (κ1) is 13.0. The lowest BCUT2D eigenvalue weighted by Gasteiger charge is -2.29. The second kappa shape index (κ2) is 5.45. The van der Waals surface area contributed by atoms with Gasteiger partial charge in [-0.05, 0) is 43.1 Å². The summed E-state index contributed by atoms with van der Waals surface area (Å²) in [6.45, 7) is 1.62. The van der Waals surface area contributed by atoms with Gasteiger partial charge >= 0.3 is 0 Å². The lowest BCUT2D eigenvalue weighted by Crippen LogP contribution is -2.25. The minimum Gasteiger partial charge on any atom is -0.513 e. The zero-order valence-electron chi connectivity index (χ0n) is 10.7. The standard InChI is InChI=1S/C16H16N2O/c1-13(19)11-15(14-5-3-2-4-6-14)16(12-17)7-9-18-10-8-16/h2-11,15,18-19H,1H3/b13-11-. The Balaban J connectivity index is 2.53. The Morgan fingerprint density at radius 2 is 1.95 bits per heavy atom. The van der Waals surface area contributed by atoms with Crippen molar-refractivity contribution < 1.29 is 5.11 Å². The fourth-order valence-electron chi connectivity index (χ4n) is 2.25. The fraction of sp³-hybridized carbons (Fsp3) is 0.188. The summed E-state index contributed by atoms with van der Waals surface area (Å²) in [6.07, 6.45) is 8.87. The summed E-state index contributed by atoms with van der Waals surface area (Å²) < 4.78 is 0. The van der Waals surface area contributed by atoms with Crippen molar-refractivity contribution in [1.82, 2.24) is 5.32 Å². The van der Waals surface area contributed by atoms with Crippen molar-refractivity contribution in [1.29, 1.82) is 5.26 Å². The third-order valence-corrected chi connectivity index (χ3v) is 3.19. The van der Waals surface area contributed by atoms with Gasteiger partial charge in [0, 0.05) is 5.92 Å². The zero-order valence-corrected chi connectivity index (χ0v) is 10.7. The molecule has 1 atom stereocenters. The van der Waals surface area contributed by atoms with Crippen LogP contribution in [0, 0.1) is 16.7 Å². The first-order valence-electron chi connectivity index (χ1n) is 6.13. The summed E-state index contributed by atoms with van der Waals surface area (Å²) in [5, 5.41) is 22.1. The first-order valence-corrected chi connectivity index (χ1v) is 6.13. The maximum atomic E-state index is 9.61. The highest BCUT2D eigenvalue weighted by atomic mass is 16.3. The summed E-state index contributed by atoms with van der Waals surface area (Å²) in [6, 6.07) is 12.1. The SMILES string of the molecule is C/C(O)=C/C(c1ccccc1)C1(C#N)C=CNC=C1. The van der Waals surface area contributed by atoms with E-state index in [1.54, 1.807) is 25.4 Å². The number of nitrogens with zero attached hydrogens (tertiary/aromatic N) is 1. The number of hydrogen-bond acceptors (Lipinski definition) is 3. The summed E-state index contributed by atoms with van der Waals surface area (Å²) in [5.41, 5.74) is 0.213. The van der Waals surface area contributed by atoms with E-state index in [4.69, 9.17) is 0 Å². The van der Waals surface area contributed by atoms with Gasteiger partial charge in [-0.2, -0.15) is 5.26 Å². The molecule has 1 aliphatic rings. The van der Waals surface area contributed by atoms with Gasteiger partial charge in [0.1, 0.15) is 5.41 Å². The molecule has 1 aliphatic heterocycles. The second-order valence-electron chi connectivity index (χ2n) is 4.57. The molecule has 2 rings (SSSR count). The van der Waals surface area contributed by atoms with Crippen LogP contribution < -0.4 is 5.32 Å². The summed E-state index contributed by atoms with van der Waals surface area (Å²) in [4.78, 5) is 0. The van der Waals surface area contributed by atoms with Crippen molar-refractivity contribution in [3.8, 4) is 6.07 Å². The Bertz CT molecular complexity index is 548. The van der Waals surface area contributed by atoms with Crippen LogP contribution in [0.15, 0.2) is 66.7 Å². The molecule has 0 aromatic heterocycles. The van der Waals surface area contributed by atoms with Crippen LogP contribution in [0.2, 0.25) is 0 Å². The van der Waals surface area contributed by atoms with E-state index in [9.17, 15) is 10.4 Å². The number of nitriles is 1. The third-order valence-electron chi connectivity index (χ3n) is 3.19. The lowest BCUT2D eigenvalue weighted by molar-refractivity contribution is 0.403. The molecular formula is C16H16N2O. The summed E-state index contributed by atoms with van der Waals surface area (Å²) in [7, 11) is 0. The van der Waals surface area contributed by atoms with Gasteiger partial charge in [0.2, 0.25) is 0 Å². The Hall–Kier alpha value is -2.47. The van der Waals surface area contributed by atoms with E-state index in [1.807, 2.05) is 42.5 Å². The summed E-state index contributed by atoms with van der Waals surface area (Å²) in [5.74, 6) is -0.0119. The number of dihydropyridines is 1. The second-order valence-corrected chi connectivity index (χ2v) is 4.57. The highest BCUT2D eigenvalue weighted by Gasteiger charge is 2.35. The third kappa shape index (κ3) is 2.69. The van der Waals surface area contributed by atoms with Crippen molar-refractivity contribution in [2.45, 2.75) is 12.8 Å². The molecule has 3 heteroatoms. The van der Waals surface area contributed by atoms with Crippen molar-refractivity contribution >= 4 is 0 Å². The Kier molecular flexibility index (Phi) is 3.72. The Morgan fingerprint density at radius 1 is 1.32 bits per heavy atom. The topological polar surface area (TPSA) is 56.0 Å². The predicted molar refractivity (Wildman–Crippen MR) is 75.0 cm³/mol. The number of nitrogens with one attached hydrogen (secondary N) is 1. The van der Waals surface area contributed by atoms with Crippen LogP contribution in [0.3, 0.4) is 0 Å². The number of aliphatic hydroxyl groups is 1. The van der Waals surface area contributed by atoms with Gasteiger partial charge in [-0.25, -0.2) is 0 Å². The highest BCUT2D eigenvalue weighted by molar-refractivity contribution is 5.39. The van der Waals surface area contributed by atoms with Crippen molar-refractivity contribution in [2.24, 2.45) is 5.41 Å². The normalized spacial score (nSPS) is 18.4. The fourth-order valence-corrected chi connectivity index (χ4v) is 2.25. The maximum absolute atomic E-state index is 9.61. The van der Waals surface area contributed by atoms with Crippen molar-refractivity contribution in [3.63, 3.8) is 0 Å². The van der Waals surface area contributed by atoms with Crippen LogP contribution in [0.5, 0.6) is 0 Å². The molecule has 0 amide bonds. The number of hydrogen-bond donors (Lipinski definition) is 2. The molecule has 1 aromatic carbocycles. The molecule has 0 saturated carbocycles. The monoisotopic (exact) mass is 252 g/mol. The van der Waals surface area contributed by atoms with E-state index < -0.39 is 5.41 Å². The van der Waals surface area contributed by atoms with E-state index in [0.717, 1.165) is 5.56 Å². The molecular weight excluding hydrogens is 236 g/mol. The van der Waals surface area contributed by atoms with E-state index in [-0.39, 0.29) is 11.7 Å². The quantitative estimate of drug-likeness (QED) is 0.811. The van der Waals surface area contributed by atoms with Gasteiger partial charge < -0.3 is 10.4 Å². The average molecular weight is 252 g/mol. The smallest absolute Gasteiger partial charge is 0.107 e. The molecule has 0 fully saturated rings. The highest BCUT2D eigenvalue weighted by Crippen LogP contribution is 2.40. The zero-order chi connectivity index (χ0) is 13.7. The number of benzene rings is 1. The van der Waals surface area contributed by atoms with Gasteiger partial charge in [-0.15, -0.1) is 0 Å². The molecule has 19 heavy (non-hydrogen) atoms. The molecule has 0 radical (unpaired) electrons. The van der Waals surface area contributed by atoms with Gasteiger partial charge in [-0.3, -0.25) is 0 Å². The maximum Gasteiger partial charge on any atom is 0.107 e. The van der Waals surface area contributed by atoms with Gasteiger partial charge in [0.15, 0.2) is 0 Å². The lowest BCUT2D eigenvalue weighted by atomic mass is 9.72. The molecule has 96 valence electrons. The number of aliphatic hydroxyl groups excluding tert-OH is 1. The molecule has 0 aliphatic carbocycles. The first-order chi connectivity index (χ1) is 9.18. The largest absolute Gasteiger partial charge is 0.513 e. The van der Waals surface area contributed by atoms with Crippen LogP contribution in [0.4, 0.5) is 0 Å². The van der Waals surface area contributed by atoms with E-state index in [1.165, 1.54) is 0 Å². The molecule has 0 spiro atoms.